The van der Waals surface area contributed by atoms with Crippen LogP contribution in [0.4, 0.5) is 0 Å². The van der Waals surface area contributed by atoms with Crippen LogP contribution < -0.4 is 4.74 Å². The molecular weight excluding hydrogens is 394 g/mol. The zero-order valence-corrected chi connectivity index (χ0v) is 17.1. The minimum absolute atomic E-state index is 0.0641. The summed E-state index contributed by atoms with van der Waals surface area (Å²) in [6, 6.07) is 7.40. The molecule has 0 saturated carbocycles. The summed E-state index contributed by atoms with van der Waals surface area (Å²) in [7, 11) is 0. The predicted octanol–water partition coefficient (Wildman–Crippen LogP) is 3.95. The Bertz CT molecular complexity index is 1350. The molecular formula is C23H19N5O3. The van der Waals surface area contributed by atoms with E-state index in [1.807, 2.05) is 24.3 Å². The van der Waals surface area contributed by atoms with Crippen molar-refractivity contribution in [2.75, 3.05) is 0 Å². The molecule has 154 valence electrons. The second-order valence-electron chi connectivity index (χ2n) is 8.73. The SMILES string of the molecule is CC1(C)CC(=O)C2=C(C1)Oc1ncn3nc(-c4ccncc4)nc3c1C2c1ccco1. The largest absolute Gasteiger partial charge is 0.468 e. The van der Waals surface area contributed by atoms with Gasteiger partial charge in [-0.05, 0) is 29.7 Å². The molecule has 0 radical (unpaired) electrons. The Hall–Kier alpha value is -3.81. The fourth-order valence-electron chi connectivity index (χ4n) is 4.51. The van der Waals surface area contributed by atoms with Crippen molar-refractivity contribution in [2.45, 2.75) is 32.6 Å². The first-order valence-electron chi connectivity index (χ1n) is 10.1. The molecule has 1 atom stereocenters. The summed E-state index contributed by atoms with van der Waals surface area (Å²) in [4.78, 5) is 26.6. The van der Waals surface area contributed by atoms with Gasteiger partial charge in [-0.1, -0.05) is 13.8 Å². The van der Waals surface area contributed by atoms with Gasteiger partial charge in [-0.2, -0.15) is 0 Å². The van der Waals surface area contributed by atoms with E-state index < -0.39 is 5.92 Å². The van der Waals surface area contributed by atoms with Crippen LogP contribution in [0.3, 0.4) is 0 Å². The molecule has 8 nitrogen and oxygen atoms in total. The van der Waals surface area contributed by atoms with E-state index in [0.29, 0.717) is 52.8 Å². The quantitative estimate of drug-likeness (QED) is 0.491. The number of carbonyl (C=O) groups is 1. The van der Waals surface area contributed by atoms with Gasteiger partial charge in [0.2, 0.25) is 5.88 Å². The highest BCUT2D eigenvalue weighted by molar-refractivity contribution is 6.00. The summed E-state index contributed by atoms with van der Waals surface area (Å²) in [5.74, 6) is 1.94. The normalized spacial score (nSPS) is 19.8. The molecule has 1 unspecified atom stereocenters. The Kier molecular flexibility index (Phi) is 3.68. The fraction of sp³-hybridized carbons (Fsp3) is 0.261. The van der Waals surface area contributed by atoms with E-state index in [1.165, 1.54) is 0 Å². The van der Waals surface area contributed by atoms with Crippen LogP contribution in [-0.4, -0.2) is 30.3 Å². The summed E-state index contributed by atoms with van der Waals surface area (Å²) >= 11 is 0. The van der Waals surface area contributed by atoms with Gasteiger partial charge in [0.05, 0.1) is 17.7 Å². The average Bonchev–Trinajstić information content (AvgIpc) is 3.42. The van der Waals surface area contributed by atoms with Crippen molar-refractivity contribution in [3.05, 3.63) is 71.9 Å². The van der Waals surface area contributed by atoms with Crippen LogP contribution in [0.5, 0.6) is 5.88 Å². The van der Waals surface area contributed by atoms with Crippen molar-refractivity contribution in [3.63, 3.8) is 0 Å². The number of ketones is 1. The molecule has 1 aliphatic carbocycles. The highest BCUT2D eigenvalue weighted by atomic mass is 16.5. The fourth-order valence-corrected chi connectivity index (χ4v) is 4.51. The molecule has 1 aliphatic heterocycles. The van der Waals surface area contributed by atoms with E-state index in [-0.39, 0.29) is 11.2 Å². The van der Waals surface area contributed by atoms with Gasteiger partial charge >= 0.3 is 0 Å². The molecule has 5 heterocycles. The number of ether oxygens (including phenoxy) is 1. The van der Waals surface area contributed by atoms with E-state index >= 15 is 0 Å². The van der Waals surface area contributed by atoms with Gasteiger partial charge in [-0.25, -0.2) is 14.5 Å². The van der Waals surface area contributed by atoms with Crippen LogP contribution in [0, 0.1) is 5.41 Å². The van der Waals surface area contributed by atoms with Crippen molar-refractivity contribution < 1.29 is 13.9 Å². The number of hydrogen-bond acceptors (Lipinski definition) is 7. The summed E-state index contributed by atoms with van der Waals surface area (Å²) < 4.78 is 13.6. The summed E-state index contributed by atoms with van der Waals surface area (Å²) in [5.41, 5.74) is 2.58. The molecule has 0 saturated heterocycles. The van der Waals surface area contributed by atoms with Gasteiger partial charge < -0.3 is 9.15 Å². The van der Waals surface area contributed by atoms with Gasteiger partial charge in [0.15, 0.2) is 17.3 Å². The van der Waals surface area contributed by atoms with E-state index in [1.54, 1.807) is 29.5 Å². The smallest absolute Gasteiger partial charge is 0.228 e. The number of fused-ring (bicyclic) bond motifs is 3. The van der Waals surface area contributed by atoms with Crippen molar-refractivity contribution in [3.8, 4) is 17.3 Å². The minimum Gasteiger partial charge on any atom is -0.468 e. The van der Waals surface area contributed by atoms with Gasteiger partial charge in [-0.15, -0.1) is 5.10 Å². The van der Waals surface area contributed by atoms with Crippen LogP contribution in [0.25, 0.3) is 17.0 Å². The van der Waals surface area contributed by atoms with Crippen LogP contribution in [0.15, 0.2) is 65.0 Å². The molecule has 8 heteroatoms. The molecule has 0 N–H and O–H groups in total. The lowest BCUT2D eigenvalue weighted by Crippen LogP contribution is -2.33. The number of rotatable bonds is 2. The first kappa shape index (κ1) is 18.0. The first-order valence-corrected chi connectivity index (χ1v) is 10.1. The summed E-state index contributed by atoms with van der Waals surface area (Å²) in [6.45, 7) is 4.15. The van der Waals surface area contributed by atoms with Gasteiger partial charge in [0.25, 0.3) is 0 Å². The Morgan fingerprint density at radius 2 is 2.00 bits per heavy atom. The lowest BCUT2D eigenvalue weighted by atomic mass is 9.71. The van der Waals surface area contributed by atoms with Crippen LogP contribution >= 0.6 is 0 Å². The number of hydrogen-bond donors (Lipinski definition) is 0. The molecule has 4 aromatic heterocycles. The number of pyridine rings is 1. The molecule has 0 aromatic carbocycles. The van der Waals surface area contributed by atoms with E-state index in [4.69, 9.17) is 14.1 Å². The Morgan fingerprint density at radius 1 is 1.16 bits per heavy atom. The molecule has 6 rings (SSSR count). The molecule has 2 aliphatic rings. The Labute approximate surface area is 177 Å². The van der Waals surface area contributed by atoms with Crippen molar-refractivity contribution in [1.29, 1.82) is 0 Å². The number of Topliss-reactive ketones (excluding diaryl/α,β-unsaturated/α-hetero) is 1. The maximum Gasteiger partial charge on any atom is 0.228 e. The van der Waals surface area contributed by atoms with Crippen molar-refractivity contribution >= 4 is 11.4 Å². The zero-order valence-electron chi connectivity index (χ0n) is 17.1. The summed E-state index contributed by atoms with van der Waals surface area (Å²) in [6.07, 6.45) is 7.71. The number of nitrogens with zero attached hydrogens (tertiary/aromatic N) is 5. The lowest BCUT2D eigenvalue weighted by Gasteiger charge is -2.36. The monoisotopic (exact) mass is 413 g/mol. The molecule has 4 aromatic rings. The van der Waals surface area contributed by atoms with E-state index in [2.05, 4.69) is 28.9 Å². The molecule has 0 amide bonds. The Morgan fingerprint density at radius 3 is 2.77 bits per heavy atom. The molecule has 31 heavy (non-hydrogen) atoms. The zero-order chi connectivity index (χ0) is 21.2. The number of allylic oxidation sites excluding steroid dienone is 2. The highest BCUT2D eigenvalue weighted by Crippen LogP contribution is 2.50. The second-order valence-corrected chi connectivity index (χ2v) is 8.73. The topological polar surface area (TPSA) is 95.4 Å². The number of furan rings is 1. The van der Waals surface area contributed by atoms with E-state index in [0.717, 1.165) is 5.56 Å². The first-order chi connectivity index (χ1) is 15.0. The number of aromatic nitrogens is 5. The molecule has 0 fully saturated rings. The van der Waals surface area contributed by atoms with Gasteiger partial charge in [0, 0.05) is 36.4 Å². The van der Waals surface area contributed by atoms with Crippen LogP contribution in [-0.2, 0) is 4.79 Å². The maximum atomic E-state index is 13.3. The highest BCUT2D eigenvalue weighted by Gasteiger charge is 2.44. The minimum atomic E-state index is -0.442. The van der Waals surface area contributed by atoms with Crippen molar-refractivity contribution in [2.24, 2.45) is 5.41 Å². The predicted molar refractivity (Wildman–Crippen MR) is 110 cm³/mol. The number of carbonyl (C=O) groups excluding carboxylic acids is 1. The van der Waals surface area contributed by atoms with Gasteiger partial charge in [-0.3, -0.25) is 9.78 Å². The second kappa shape index (κ2) is 6.34. The third kappa shape index (κ3) is 2.78. The Balaban J connectivity index is 1.60. The maximum absolute atomic E-state index is 13.3. The lowest BCUT2D eigenvalue weighted by molar-refractivity contribution is -0.118. The molecule has 0 spiro atoms. The van der Waals surface area contributed by atoms with Gasteiger partial charge in [0.1, 0.15) is 17.8 Å². The molecule has 0 bridgehead atoms. The third-order valence-corrected chi connectivity index (χ3v) is 5.83. The third-order valence-electron chi connectivity index (χ3n) is 5.83. The standard InChI is InChI=1S/C23H19N5O3/c1-23(2)10-14(29)17-16(11-23)31-22-19(18(17)15-4-3-9-30-15)21-26-20(27-28(21)12-25-22)13-5-7-24-8-6-13/h3-9,12,18H,10-11H2,1-2H3. The van der Waals surface area contributed by atoms with E-state index in [9.17, 15) is 4.79 Å². The van der Waals surface area contributed by atoms with Crippen LogP contribution in [0.1, 0.15) is 43.9 Å². The average molecular weight is 413 g/mol. The van der Waals surface area contributed by atoms with Crippen molar-refractivity contribution in [1.82, 2.24) is 24.6 Å². The van der Waals surface area contributed by atoms with Crippen LogP contribution in [0.2, 0.25) is 0 Å². The summed E-state index contributed by atoms with van der Waals surface area (Å²) in [5, 5.41) is 4.58.